The molecule has 7 nitrogen and oxygen atoms in total. The van der Waals surface area contributed by atoms with E-state index in [-0.39, 0.29) is 11.6 Å². The number of likely N-dealkylation sites (tertiary alicyclic amines) is 1. The molecule has 2 bridgehead atoms. The van der Waals surface area contributed by atoms with Crippen molar-refractivity contribution in [3.63, 3.8) is 0 Å². The molecule has 3 atom stereocenters. The highest BCUT2D eigenvalue weighted by molar-refractivity contribution is 5.19. The van der Waals surface area contributed by atoms with E-state index in [1.54, 1.807) is 13.2 Å². The van der Waals surface area contributed by atoms with Crippen LogP contribution in [-0.2, 0) is 17.9 Å². The fraction of sp³-hybridized carbons (Fsp3) is 0.667. The van der Waals surface area contributed by atoms with Gasteiger partial charge in [-0.1, -0.05) is 25.1 Å². The number of aromatic nitrogens is 3. The summed E-state index contributed by atoms with van der Waals surface area (Å²) in [7, 11) is 1.62. The van der Waals surface area contributed by atoms with Crippen molar-refractivity contribution in [2.45, 2.75) is 58.2 Å². The van der Waals surface area contributed by atoms with Crippen molar-refractivity contribution in [3.8, 4) is 0 Å². The minimum absolute atomic E-state index is 0.149. The third kappa shape index (κ3) is 3.91. The number of pyridine rings is 1. The van der Waals surface area contributed by atoms with Gasteiger partial charge >= 0.3 is 0 Å². The van der Waals surface area contributed by atoms with Gasteiger partial charge in [0, 0.05) is 43.9 Å². The second-order valence-electron chi connectivity index (χ2n) is 8.62. The zero-order valence-electron chi connectivity index (χ0n) is 17.0. The second kappa shape index (κ2) is 8.17. The quantitative estimate of drug-likeness (QED) is 0.728. The summed E-state index contributed by atoms with van der Waals surface area (Å²) < 4.78 is 12.6. The standard InChI is InChI=1S/C21H30N4O3/c1-14(2)7-8-18-16-9-15(17-5-4-6-21(26)25(17)18)10-24(11-16)12-20-22-19(13-27-3)23-28-20/h4-6,14-16,18H,7-13H2,1-3H3/t15-,16+,18+/m1/s1. The number of methoxy groups -OCH3 is 1. The Morgan fingerprint density at radius 3 is 2.96 bits per heavy atom. The first-order valence-corrected chi connectivity index (χ1v) is 10.3. The maximum Gasteiger partial charge on any atom is 0.250 e. The van der Waals surface area contributed by atoms with Gasteiger partial charge in [0.2, 0.25) is 5.89 Å². The van der Waals surface area contributed by atoms with Gasteiger partial charge in [0.15, 0.2) is 5.82 Å². The molecule has 7 heteroatoms. The number of nitrogens with zero attached hydrogens (tertiary/aromatic N) is 4. The molecule has 2 aromatic heterocycles. The van der Waals surface area contributed by atoms with E-state index in [0.29, 0.717) is 42.6 Å². The average molecular weight is 386 g/mol. The van der Waals surface area contributed by atoms with Crippen LogP contribution in [0.25, 0.3) is 0 Å². The van der Waals surface area contributed by atoms with Gasteiger partial charge in [-0.3, -0.25) is 9.69 Å². The summed E-state index contributed by atoms with van der Waals surface area (Å²) in [4.78, 5) is 19.5. The number of rotatable bonds is 7. The van der Waals surface area contributed by atoms with Crippen molar-refractivity contribution in [1.82, 2.24) is 19.6 Å². The van der Waals surface area contributed by atoms with Gasteiger partial charge in [0.1, 0.15) is 6.61 Å². The minimum Gasteiger partial charge on any atom is -0.377 e. The maximum absolute atomic E-state index is 12.7. The first-order valence-electron chi connectivity index (χ1n) is 10.3. The van der Waals surface area contributed by atoms with Crippen molar-refractivity contribution in [2.24, 2.45) is 11.8 Å². The first-order chi connectivity index (χ1) is 13.5. The molecule has 0 aliphatic carbocycles. The number of hydrogen-bond donors (Lipinski definition) is 0. The fourth-order valence-electron chi connectivity index (χ4n) is 4.87. The summed E-state index contributed by atoms with van der Waals surface area (Å²) >= 11 is 0. The number of piperidine rings is 1. The van der Waals surface area contributed by atoms with Crippen LogP contribution in [0.1, 0.15) is 62.5 Å². The zero-order valence-corrected chi connectivity index (χ0v) is 17.0. The Morgan fingerprint density at radius 1 is 1.32 bits per heavy atom. The molecule has 4 heterocycles. The monoisotopic (exact) mass is 386 g/mol. The average Bonchev–Trinajstić information content (AvgIpc) is 3.09. The molecule has 0 amide bonds. The Labute approximate surface area is 165 Å². The summed E-state index contributed by atoms with van der Waals surface area (Å²) in [5.74, 6) is 2.71. The van der Waals surface area contributed by atoms with E-state index in [9.17, 15) is 4.79 Å². The van der Waals surface area contributed by atoms with Crippen LogP contribution < -0.4 is 5.56 Å². The van der Waals surface area contributed by atoms with Gasteiger partial charge in [0.05, 0.1) is 6.54 Å². The summed E-state index contributed by atoms with van der Waals surface area (Å²) in [5.41, 5.74) is 1.34. The van der Waals surface area contributed by atoms with Crippen molar-refractivity contribution < 1.29 is 9.26 Å². The molecule has 2 aliphatic rings. The van der Waals surface area contributed by atoms with Crippen LogP contribution >= 0.6 is 0 Å². The highest BCUT2D eigenvalue weighted by atomic mass is 16.5. The molecule has 152 valence electrons. The molecule has 2 aliphatic heterocycles. The lowest BCUT2D eigenvalue weighted by molar-refractivity contribution is 0.0726. The second-order valence-corrected chi connectivity index (χ2v) is 8.62. The van der Waals surface area contributed by atoms with Crippen LogP contribution in [0.3, 0.4) is 0 Å². The number of ether oxygens (including phenoxy) is 1. The predicted octanol–water partition coefficient (Wildman–Crippen LogP) is 2.97. The lowest BCUT2D eigenvalue weighted by atomic mass is 9.76. The van der Waals surface area contributed by atoms with Gasteiger partial charge in [-0.2, -0.15) is 4.98 Å². The largest absolute Gasteiger partial charge is 0.377 e. The van der Waals surface area contributed by atoms with Gasteiger partial charge in [0.25, 0.3) is 5.56 Å². The first kappa shape index (κ1) is 19.3. The molecule has 1 fully saturated rings. The summed E-state index contributed by atoms with van der Waals surface area (Å²) in [5, 5.41) is 3.97. The van der Waals surface area contributed by atoms with Gasteiger partial charge in [-0.15, -0.1) is 0 Å². The normalized spacial score (nSPS) is 24.5. The van der Waals surface area contributed by atoms with Crippen LogP contribution in [0.5, 0.6) is 0 Å². The highest BCUT2D eigenvalue weighted by Crippen LogP contribution is 2.43. The molecule has 4 rings (SSSR count). The van der Waals surface area contributed by atoms with Crippen LogP contribution in [0.15, 0.2) is 27.5 Å². The van der Waals surface area contributed by atoms with Crippen molar-refractivity contribution in [3.05, 3.63) is 46.0 Å². The van der Waals surface area contributed by atoms with Crippen molar-refractivity contribution in [1.29, 1.82) is 0 Å². The van der Waals surface area contributed by atoms with Gasteiger partial charge < -0.3 is 13.8 Å². The smallest absolute Gasteiger partial charge is 0.250 e. The molecular weight excluding hydrogens is 356 g/mol. The molecule has 2 aromatic rings. The Morgan fingerprint density at radius 2 is 2.18 bits per heavy atom. The molecule has 0 spiro atoms. The lowest BCUT2D eigenvalue weighted by Crippen LogP contribution is -2.49. The third-order valence-corrected chi connectivity index (χ3v) is 6.06. The van der Waals surface area contributed by atoms with Crippen LogP contribution in [0, 0.1) is 11.8 Å². The highest BCUT2D eigenvalue weighted by Gasteiger charge is 2.40. The van der Waals surface area contributed by atoms with E-state index in [1.165, 1.54) is 5.69 Å². The summed E-state index contributed by atoms with van der Waals surface area (Å²) in [6.07, 6.45) is 3.34. The van der Waals surface area contributed by atoms with E-state index in [0.717, 1.165) is 32.4 Å². The van der Waals surface area contributed by atoms with E-state index in [2.05, 4.69) is 39.5 Å². The lowest BCUT2D eigenvalue weighted by Gasteiger charge is -2.47. The van der Waals surface area contributed by atoms with Crippen LogP contribution in [0.4, 0.5) is 0 Å². The minimum atomic E-state index is 0.149. The molecule has 1 saturated heterocycles. The predicted molar refractivity (Wildman–Crippen MR) is 105 cm³/mol. The molecule has 0 aromatic carbocycles. The van der Waals surface area contributed by atoms with E-state index < -0.39 is 0 Å². The van der Waals surface area contributed by atoms with Gasteiger partial charge in [-0.05, 0) is 37.2 Å². The zero-order chi connectivity index (χ0) is 19.7. The van der Waals surface area contributed by atoms with Crippen molar-refractivity contribution >= 4 is 0 Å². The Bertz CT molecular complexity index is 859. The molecule has 0 N–H and O–H groups in total. The SMILES string of the molecule is COCc1noc(CN2C[C@H]3C[C@@H](C2)[C@H](CCC(C)C)n2c3cccc2=O)n1. The topological polar surface area (TPSA) is 73.4 Å². The molecule has 0 saturated carbocycles. The van der Waals surface area contributed by atoms with Gasteiger partial charge in [-0.25, -0.2) is 0 Å². The third-order valence-electron chi connectivity index (χ3n) is 6.06. The van der Waals surface area contributed by atoms with E-state index in [4.69, 9.17) is 9.26 Å². The summed E-state index contributed by atoms with van der Waals surface area (Å²) in [6, 6.07) is 6.02. The molecule has 28 heavy (non-hydrogen) atoms. The van der Waals surface area contributed by atoms with E-state index >= 15 is 0 Å². The Balaban J connectivity index is 1.56. The Kier molecular flexibility index (Phi) is 5.64. The molecule has 0 radical (unpaired) electrons. The number of hydrogen-bond acceptors (Lipinski definition) is 6. The van der Waals surface area contributed by atoms with E-state index in [1.807, 2.05) is 6.07 Å². The number of fused-ring (bicyclic) bond motifs is 4. The van der Waals surface area contributed by atoms with Crippen molar-refractivity contribution in [2.75, 3.05) is 20.2 Å². The maximum atomic E-state index is 12.7. The van der Waals surface area contributed by atoms with Crippen LogP contribution in [0.2, 0.25) is 0 Å². The summed E-state index contributed by atoms with van der Waals surface area (Å²) in [6.45, 7) is 7.39. The molecule has 0 unspecified atom stereocenters. The fourth-order valence-corrected chi connectivity index (χ4v) is 4.87. The van der Waals surface area contributed by atoms with Crippen LogP contribution in [-0.4, -0.2) is 39.8 Å². The Hall–Kier alpha value is -1.99. The molecular formula is C21H30N4O3.